The molecular weight excluding hydrogens is 401 g/mol. The standard InChI is InChI=1S/C23H26FN3O4/c1-3-9-25-22(30)21-18(12-28)17-11-26-19(20(17)27(21)13(2)29)8-7-16(23(26)31)14-5-4-6-15(24)10-14/h4-8,10,17-18,20-21,28H,3,9,11-12H2,1-2H3,(H,25,30)/t17-,18-,20+,21-/m0/s1. The number of rotatable bonds is 5. The first-order chi connectivity index (χ1) is 14.9. The minimum absolute atomic E-state index is 0.262. The second kappa shape index (κ2) is 8.26. The van der Waals surface area contributed by atoms with Crippen LogP contribution in [0.4, 0.5) is 4.39 Å². The van der Waals surface area contributed by atoms with E-state index in [-0.39, 0.29) is 36.4 Å². The average molecular weight is 427 g/mol. The number of carbonyl (C=O) groups is 2. The van der Waals surface area contributed by atoms with E-state index in [0.29, 0.717) is 23.4 Å². The van der Waals surface area contributed by atoms with E-state index < -0.39 is 23.8 Å². The molecule has 0 unspecified atom stereocenters. The Balaban J connectivity index is 1.77. The first-order valence-electron chi connectivity index (χ1n) is 10.6. The molecule has 0 spiro atoms. The molecule has 3 heterocycles. The minimum Gasteiger partial charge on any atom is -0.396 e. The topological polar surface area (TPSA) is 91.6 Å². The molecule has 1 saturated heterocycles. The van der Waals surface area contributed by atoms with Crippen molar-refractivity contribution in [2.45, 2.75) is 38.9 Å². The van der Waals surface area contributed by atoms with Crippen LogP contribution >= 0.6 is 0 Å². The molecule has 164 valence electrons. The van der Waals surface area contributed by atoms with Crippen LogP contribution in [0.15, 0.2) is 41.2 Å². The Hall–Kier alpha value is -3.00. The second-order valence-electron chi connectivity index (χ2n) is 8.22. The van der Waals surface area contributed by atoms with Crippen molar-refractivity contribution in [3.63, 3.8) is 0 Å². The van der Waals surface area contributed by atoms with E-state index in [4.69, 9.17) is 0 Å². The summed E-state index contributed by atoms with van der Waals surface area (Å²) in [6.07, 6.45) is 0.760. The number of fused-ring (bicyclic) bond motifs is 3. The van der Waals surface area contributed by atoms with Gasteiger partial charge in [-0.2, -0.15) is 0 Å². The van der Waals surface area contributed by atoms with Gasteiger partial charge in [-0.3, -0.25) is 14.4 Å². The number of aliphatic hydroxyl groups excluding tert-OH is 1. The number of pyridine rings is 1. The number of halogens is 1. The Labute approximate surface area is 179 Å². The van der Waals surface area contributed by atoms with Crippen LogP contribution < -0.4 is 10.9 Å². The van der Waals surface area contributed by atoms with Crippen LogP contribution in [0.3, 0.4) is 0 Å². The Morgan fingerprint density at radius 1 is 1.26 bits per heavy atom. The normalized spacial score (nSPS) is 24.1. The molecule has 2 aromatic rings. The fourth-order valence-electron chi connectivity index (χ4n) is 5.08. The molecule has 1 fully saturated rings. The Bertz CT molecular complexity index is 1080. The summed E-state index contributed by atoms with van der Waals surface area (Å²) in [4.78, 5) is 40.2. The lowest BCUT2D eigenvalue weighted by molar-refractivity contribution is -0.140. The summed E-state index contributed by atoms with van der Waals surface area (Å²) in [6.45, 7) is 3.85. The van der Waals surface area contributed by atoms with E-state index in [1.54, 1.807) is 28.8 Å². The first kappa shape index (κ1) is 21.2. The molecule has 0 bridgehead atoms. The monoisotopic (exact) mass is 427 g/mol. The first-order valence-corrected chi connectivity index (χ1v) is 10.6. The maximum Gasteiger partial charge on any atom is 0.258 e. The van der Waals surface area contributed by atoms with Crippen molar-refractivity contribution >= 4 is 11.8 Å². The molecule has 4 atom stereocenters. The Morgan fingerprint density at radius 2 is 2.03 bits per heavy atom. The predicted molar refractivity (Wildman–Crippen MR) is 113 cm³/mol. The zero-order chi connectivity index (χ0) is 22.3. The fourth-order valence-corrected chi connectivity index (χ4v) is 5.08. The van der Waals surface area contributed by atoms with Gasteiger partial charge in [-0.1, -0.05) is 19.1 Å². The molecule has 0 radical (unpaired) electrons. The third-order valence-electron chi connectivity index (χ3n) is 6.39. The van der Waals surface area contributed by atoms with E-state index in [9.17, 15) is 23.9 Å². The van der Waals surface area contributed by atoms with Gasteiger partial charge in [0.25, 0.3) is 5.56 Å². The summed E-state index contributed by atoms with van der Waals surface area (Å²) in [5.41, 5.74) is 1.21. The fraction of sp³-hybridized carbons (Fsp3) is 0.435. The van der Waals surface area contributed by atoms with Gasteiger partial charge < -0.3 is 19.9 Å². The van der Waals surface area contributed by atoms with Crippen LogP contribution in [0.25, 0.3) is 11.1 Å². The van der Waals surface area contributed by atoms with Crippen LogP contribution in [-0.2, 0) is 16.1 Å². The van der Waals surface area contributed by atoms with E-state index in [2.05, 4.69) is 5.32 Å². The molecule has 1 aromatic carbocycles. The second-order valence-corrected chi connectivity index (χ2v) is 8.22. The average Bonchev–Trinajstić information content (AvgIpc) is 3.27. The lowest BCUT2D eigenvalue weighted by Gasteiger charge is -2.30. The van der Waals surface area contributed by atoms with E-state index in [1.165, 1.54) is 24.0 Å². The molecular formula is C23H26FN3O4. The van der Waals surface area contributed by atoms with Crippen LogP contribution in [0.2, 0.25) is 0 Å². The zero-order valence-corrected chi connectivity index (χ0v) is 17.5. The highest BCUT2D eigenvalue weighted by molar-refractivity contribution is 5.88. The highest BCUT2D eigenvalue weighted by atomic mass is 19.1. The molecule has 31 heavy (non-hydrogen) atoms. The highest BCUT2D eigenvalue weighted by Crippen LogP contribution is 2.49. The Morgan fingerprint density at radius 3 is 2.68 bits per heavy atom. The molecule has 1 aromatic heterocycles. The third kappa shape index (κ3) is 3.44. The summed E-state index contributed by atoms with van der Waals surface area (Å²) in [6, 6.07) is 8.01. The lowest BCUT2D eigenvalue weighted by atomic mass is 9.88. The number of aliphatic hydroxyl groups is 1. The summed E-state index contributed by atoms with van der Waals surface area (Å²) in [7, 11) is 0. The molecule has 7 nitrogen and oxygen atoms in total. The van der Waals surface area contributed by atoms with E-state index in [0.717, 1.165) is 6.42 Å². The van der Waals surface area contributed by atoms with Crippen molar-refractivity contribution in [3.05, 3.63) is 58.3 Å². The molecule has 2 aliphatic heterocycles. The number of nitrogens with zero attached hydrogens (tertiary/aromatic N) is 2. The number of hydrogen-bond donors (Lipinski definition) is 2. The Kier molecular flexibility index (Phi) is 5.66. The van der Waals surface area contributed by atoms with Crippen molar-refractivity contribution < 1.29 is 19.1 Å². The quantitative estimate of drug-likeness (QED) is 0.760. The maximum absolute atomic E-state index is 13.7. The highest BCUT2D eigenvalue weighted by Gasteiger charge is 2.56. The summed E-state index contributed by atoms with van der Waals surface area (Å²) < 4.78 is 15.3. The summed E-state index contributed by atoms with van der Waals surface area (Å²) >= 11 is 0. The number of benzene rings is 1. The van der Waals surface area contributed by atoms with E-state index in [1.807, 2.05) is 6.92 Å². The number of carbonyl (C=O) groups excluding carboxylic acids is 2. The van der Waals surface area contributed by atoms with Gasteiger partial charge in [-0.05, 0) is 36.2 Å². The molecule has 4 rings (SSSR count). The van der Waals surface area contributed by atoms with Gasteiger partial charge in [0.1, 0.15) is 11.9 Å². The van der Waals surface area contributed by atoms with Gasteiger partial charge in [0, 0.05) is 49.7 Å². The number of hydrogen-bond acceptors (Lipinski definition) is 4. The van der Waals surface area contributed by atoms with Crippen molar-refractivity contribution in [2.24, 2.45) is 11.8 Å². The molecule has 0 saturated carbocycles. The number of amides is 2. The zero-order valence-electron chi connectivity index (χ0n) is 17.5. The van der Waals surface area contributed by atoms with Crippen molar-refractivity contribution in [1.82, 2.24) is 14.8 Å². The predicted octanol–water partition coefficient (Wildman–Crippen LogP) is 1.69. The van der Waals surface area contributed by atoms with Crippen LogP contribution in [0.5, 0.6) is 0 Å². The van der Waals surface area contributed by atoms with E-state index >= 15 is 0 Å². The van der Waals surface area contributed by atoms with Crippen LogP contribution in [0.1, 0.15) is 32.0 Å². The number of nitrogens with one attached hydrogen (secondary N) is 1. The molecule has 0 aliphatic carbocycles. The van der Waals surface area contributed by atoms with Crippen molar-refractivity contribution in [2.75, 3.05) is 13.2 Å². The summed E-state index contributed by atoms with van der Waals surface area (Å²) in [5.74, 6) is -1.74. The van der Waals surface area contributed by atoms with Gasteiger partial charge in [0.05, 0.1) is 6.04 Å². The molecule has 2 N–H and O–H groups in total. The minimum atomic E-state index is -0.782. The molecule has 8 heteroatoms. The maximum atomic E-state index is 13.7. The molecule has 2 amide bonds. The summed E-state index contributed by atoms with van der Waals surface area (Å²) in [5, 5.41) is 13.0. The largest absolute Gasteiger partial charge is 0.396 e. The van der Waals surface area contributed by atoms with Crippen LogP contribution in [0, 0.1) is 17.7 Å². The number of aromatic nitrogens is 1. The lowest BCUT2D eigenvalue weighted by Crippen LogP contribution is -2.50. The SMILES string of the molecule is CCCNC(=O)[C@@H]1[C@@H](CO)[C@@H]2Cn3c(ccc(-c4cccc(F)c4)c3=O)[C@@H]2N1C(C)=O. The van der Waals surface area contributed by atoms with Crippen molar-refractivity contribution in [3.8, 4) is 11.1 Å². The van der Waals surface area contributed by atoms with Gasteiger partial charge in [0.2, 0.25) is 11.8 Å². The van der Waals surface area contributed by atoms with Gasteiger partial charge in [-0.15, -0.1) is 0 Å². The van der Waals surface area contributed by atoms with Crippen molar-refractivity contribution in [1.29, 1.82) is 0 Å². The van der Waals surface area contributed by atoms with Gasteiger partial charge in [-0.25, -0.2) is 4.39 Å². The van der Waals surface area contributed by atoms with Gasteiger partial charge >= 0.3 is 0 Å². The smallest absolute Gasteiger partial charge is 0.258 e. The number of likely N-dealkylation sites (tertiary alicyclic amines) is 1. The van der Waals surface area contributed by atoms with Crippen LogP contribution in [-0.4, -0.2) is 45.6 Å². The van der Waals surface area contributed by atoms with Gasteiger partial charge in [0.15, 0.2) is 0 Å². The molecule has 2 aliphatic rings. The third-order valence-corrected chi connectivity index (χ3v) is 6.39.